The maximum Gasteiger partial charge on any atom is 0.248 e. The third-order valence-electron chi connectivity index (χ3n) is 9.91. The largest absolute Gasteiger partial charge is 0.495 e. The van der Waals surface area contributed by atoms with E-state index in [0.29, 0.717) is 54.7 Å². The summed E-state index contributed by atoms with van der Waals surface area (Å²) in [6.07, 6.45) is 5.34. The van der Waals surface area contributed by atoms with Crippen LogP contribution in [0.2, 0.25) is 10.2 Å². The summed E-state index contributed by atoms with van der Waals surface area (Å²) >= 11 is 12.5. The molecule has 51 heavy (non-hydrogen) atoms. The molecular weight excluding hydrogens is 696 g/mol. The first-order valence-electron chi connectivity index (χ1n) is 17.2. The highest BCUT2D eigenvalue weighted by molar-refractivity contribution is 6.30. The number of pyridine rings is 1. The van der Waals surface area contributed by atoms with Crippen molar-refractivity contribution in [1.82, 2.24) is 9.88 Å². The molecule has 0 bridgehead atoms. The summed E-state index contributed by atoms with van der Waals surface area (Å²) in [5.41, 5.74) is 6.75. The Morgan fingerprint density at radius 3 is 2.57 bits per heavy atom. The van der Waals surface area contributed by atoms with E-state index in [2.05, 4.69) is 36.0 Å². The van der Waals surface area contributed by atoms with Crippen LogP contribution in [0.4, 0.5) is 15.8 Å². The standard InChI is InChI=1S/C38H46Cl2FN5O5/c1-38(2,3)20-30-34(37(49)44-25-12-15-43-32(40)19-25)27(26-6-5-7-28(39)35(26)41)21-45(30)33(11-8-23-13-16-51-17-14-23)46(22-47)29-10-9-24(36(42)48)18-31(29)50-4/h5-7,9-10,12,15,18-19,22-23,27,30,33-34H,8,11,13-14,16-17,20-21H2,1-4H3,(H2,42,48)(H,43,44,49). The van der Waals surface area contributed by atoms with Crippen LogP contribution in [0.3, 0.4) is 0 Å². The molecule has 0 saturated carbocycles. The Bertz CT molecular complexity index is 1720. The van der Waals surface area contributed by atoms with E-state index in [1.807, 2.05) is 0 Å². The topological polar surface area (TPSA) is 127 Å². The van der Waals surface area contributed by atoms with E-state index in [4.69, 9.17) is 38.4 Å². The van der Waals surface area contributed by atoms with Gasteiger partial charge in [-0.1, -0.05) is 56.1 Å². The monoisotopic (exact) mass is 741 g/mol. The summed E-state index contributed by atoms with van der Waals surface area (Å²) in [5.74, 6) is -2.26. The fraction of sp³-hybridized carbons (Fsp3) is 0.474. The van der Waals surface area contributed by atoms with Crippen molar-refractivity contribution < 1.29 is 28.2 Å². The van der Waals surface area contributed by atoms with Crippen LogP contribution < -0.4 is 20.7 Å². The number of rotatable bonds is 13. The molecule has 3 heterocycles. The van der Waals surface area contributed by atoms with E-state index in [1.165, 1.54) is 25.4 Å². The fourth-order valence-corrected chi connectivity index (χ4v) is 7.90. The molecule has 4 atom stereocenters. The van der Waals surface area contributed by atoms with Crippen molar-refractivity contribution in [2.24, 2.45) is 23.0 Å². The number of carbonyl (C=O) groups excluding carboxylic acids is 3. The van der Waals surface area contributed by atoms with Crippen LogP contribution in [-0.4, -0.2) is 67.2 Å². The highest BCUT2D eigenvalue weighted by atomic mass is 35.5. The van der Waals surface area contributed by atoms with E-state index in [9.17, 15) is 14.4 Å². The zero-order valence-corrected chi connectivity index (χ0v) is 30.9. The van der Waals surface area contributed by atoms with Crippen molar-refractivity contribution in [3.8, 4) is 5.75 Å². The van der Waals surface area contributed by atoms with Crippen LogP contribution in [0.25, 0.3) is 0 Å². The molecule has 2 saturated heterocycles. The predicted molar refractivity (Wildman–Crippen MR) is 197 cm³/mol. The minimum Gasteiger partial charge on any atom is -0.495 e. The number of nitrogens with one attached hydrogen (secondary N) is 1. The van der Waals surface area contributed by atoms with Gasteiger partial charge in [-0.3, -0.25) is 24.2 Å². The number of anilines is 2. The van der Waals surface area contributed by atoms with Gasteiger partial charge in [-0.05, 0) is 85.4 Å². The van der Waals surface area contributed by atoms with Crippen molar-refractivity contribution in [1.29, 1.82) is 0 Å². The van der Waals surface area contributed by atoms with Gasteiger partial charge in [0.2, 0.25) is 18.2 Å². The molecule has 4 unspecified atom stereocenters. The number of carbonyl (C=O) groups is 3. The first kappa shape index (κ1) is 38.5. The first-order chi connectivity index (χ1) is 24.3. The van der Waals surface area contributed by atoms with Gasteiger partial charge in [0.25, 0.3) is 0 Å². The van der Waals surface area contributed by atoms with E-state index in [1.54, 1.807) is 41.3 Å². The summed E-state index contributed by atoms with van der Waals surface area (Å²) in [6.45, 7) is 7.87. The average Bonchev–Trinajstić information content (AvgIpc) is 3.45. The number of primary amides is 1. The second-order valence-electron chi connectivity index (χ2n) is 14.5. The second-order valence-corrected chi connectivity index (χ2v) is 15.3. The van der Waals surface area contributed by atoms with Crippen LogP contribution in [0.15, 0.2) is 54.7 Å². The van der Waals surface area contributed by atoms with E-state index < -0.39 is 35.8 Å². The van der Waals surface area contributed by atoms with Crippen LogP contribution in [0, 0.1) is 23.1 Å². The third kappa shape index (κ3) is 9.18. The van der Waals surface area contributed by atoms with Gasteiger partial charge in [0.15, 0.2) is 0 Å². The molecule has 0 spiro atoms. The van der Waals surface area contributed by atoms with Crippen molar-refractivity contribution in [2.45, 2.75) is 71.0 Å². The molecule has 2 fully saturated rings. The van der Waals surface area contributed by atoms with Crippen LogP contribution in [0.5, 0.6) is 5.75 Å². The van der Waals surface area contributed by atoms with Gasteiger partial charge in [-0.2, -0.15) is 0 Å². The SMILES string of the molecule is COc1cc(C(N)=O)ccc1N(C=O)C(CCC1CCOCC1)N1CC(c2cccc(Cl)c2F)C(C(=O)Nc2ccnc(Cl)c2)C1CC(C)(C)C. The zero-order valence-electron chi connectivity index (χ0n) is 29.4. The number of nitrogens with zero attached hydrogens (tertiary/aromatic N) is 3. The lowest BCUT2D eigenvalue weighted by Crippen LogP contribution is -2.53. The Morgan fingerprint density at radius 2 is 1.92 bits per heavy atom. The maximum absolute atomic E-state index is 16.0. The van der Waals surface area contributed by atoms with Gasteiger partial charge < -0.3 is 20.5 Å². The van der Waals surface area contributed by atoms with Gasteiger partial charge in [-0.25, -0.2) is 9.37 Å². The molecule has 1 aromatic heterocycles. The number of nitrogens with two attached hydrogens (primary N) is 1. The van der Waals surface area contributed by atoms with Gasteiger partial charge in [0.1, 0.15) is 16.7 Å². The van der Waals surface area contributed by atoms with E-state index in [0.717, 1.165) is 25.7 Å². The van der Waals surface area contributed by atoms with Crippen molar-refractivity contribution in [2.75, 3.05) is 37.1 Å². The molecule has 13 heteroatoms. The minimum atomic E-state index is -0.762. The Labute approximate surface area is 308 Å². The number of hydrogen-bond donors (Lipinski definition) is 2. The summed E-state index contributed by atoms with van der Waals surface area (Å²) in [5, 5.41) is 3.20. The van der Waals surface area contributed by atoms with Gasteiger partial charge in [0, 0.05) is 49.2 Å². The molecule has 3 N–H and O–H groups in total. The third-order valence-corrected chi connectivity index (χ3v) is 10.4. The molecule has 274 valence electrons. The molecule has 3 amide bonds. The van der Waals surface area contributed by atoms with E-state index in [-0.39, 0.29) is 33.6 Å². The summed E-state index contributed by atoms with van der Waals surface area (Å²) in [6, 6.07) is 12.3. The Kier molecular flexibility index (Phi) is 12.6. The summed E-state index contributed by atoms with van der Waals surface area (Å²) < 4.78 is 27.3. The summed E-state index contributed by atoms with van der Waals surface area (Å²) in [4.78, 5) is 47.8. The molecule has 3 aromatic rings. The van der Waals surface area contributed by atoms with E-state index >= 15 is 4.39 Å². The number of benzene rings is 2. The number of ether oxygens (including phenoxy) is 2. The average molecular weight is 743 g/mol. The molecule has 5 rings (SSSR count). The van der Waals surface area contributed by atoms with Gasteiger partial charge >= 0.3 is 0 Å². The van der Waals surface area contributed by atoms with Gasteiger partial charge in [-0.15, -0.1) is 0 Å². The molecular formula is C38H46Cl2FN5O5. The van der Waals surface area contributed by atoms with Crippen LogP contribution in [-0.2, 0) is 14.3 Å². The zero-order chi connectivity index (χ0) is 36.9. The second kappa shape index (κ2) is 16.7. The first-order valence-corrected chi connectivity index (χ1v) is 18.0. The van der Waals surface area contributed by atoms with Gasteiger partial charge in [0.05, 0.1) is 29.9 Å². The Morgan fingerprint density at radius 1 is 1.18 bits per heavy atom. The Balaban J connectivity index is 1.66. The number of aromatic nitrogens is 1. The number of halogens is 3. The highest BCUT2D eigenvalue weighted by Crippen LogP contribution is 2.47. The molecule has 10 nitrogen and oxygen atoms in total. The maximum atomic E-state index is 16.0. The van der Waals surface area contributed by atoms with Crippen molar-refractivity contribution in [3.05, 3.63) is 81.8 Å². The predicted octanol–water partition coefficient (Wildman–Crippen LogP) is 7.29. The van der Waals surface area contributed by atoms with Crippen molar-refractivity contribution in [3.63, 3.8) is 0 Å². The quantitative estimate of drug-likeness (QED) is 0.139. The number of methoxy groups -OCH3 is 1. The molecule has 2 aliphatic rings. The molecule has 0 radical (unpaired) electrons. The number of amides is 3. The number of hydrogen-bond acceptors (Lipinski definition) is 7. The van der Waals surface area contributed by atoms with Crippen LogP contribution in [0.1, 0.15) is 74.7 Å². The lowest BCUT2D eigenvalue weighted by Gasteiger charge is -2.42. The fourth-order valence-electron chi connectivity index (χ4n) is 7.54. The molecule has 2 aromatic carbocycles. The Hall–Kier alpha value is -3.77. The van der Waals surface area contributed by atoms with Crippen LogP contribution >= 0.6 is 23.2 Å². The molecule has 2 aliphatic heterocycles. The highest BCUT2D eigenvalue weighted by Gasteiger charge is 2.51. The lowest BCUT2D eigenvalue weighted by molar-refractivity contribution is -0.121. The smallest absolute Gasteiger partial charge is 0.248 e. The molecule has 0 aliphatic carbocycles. The van der Waals surface area contributed by atoms with Crippen molar-refractivity contribution >= 4 is 52.8 Å². The normalized spacial score (nSPS) is 20.5. The minimum absolute atomic E-state index is 0.0387. The lowest BCUT2D eigenvalue weighted by atomic mass is 9.78. The number of likely N-dealkylation sites (tertiary alicyclic amines) is 1. The summed E-state index contributed by atoms with van der Waals surface area (Å²) in [7, 11) is 1.46.